The van der Waals surface area contributed by atoms with Crippen molar-refractivity contribution in [3.05, 3.63) is 28.2 Å². The van der Waals surface area contributed by atoms with Crippen molar-refractivity contribution in [1.29, 1.82) is 0 Å². The van der Waals surface area contributed by atoms with Crippen LogP contribution in [0.4, 0.5) is 5.69 Å². The van der Waals surface area contributed by atoms with E-state index in [0.29, 0.717) is 13.0 Å². The number of hydrogen-bond acceptors (Lipinski definition) is 3. The van der Waals surface area contributed by atoms with E-state index in [4.69, 9.17) is 10.5 Å². The van der Waals surface area contributed by atoms with Crippen molar-refractivity contribution in [3.63, 3.8) is 0 Å². The SMILES string of the molecule is CCOC1CC(N)(C(=O)Nc2cccc(Br)c2C)C1(C)C. The van der Waals surface area contributed by atoms with Crippen LogP contribution in [0.3, 0.4) is 0 Å². The van der Waals surface area contributed by atoms with E-state index in [2.05, 4.69) is 21.2 Å². The number of benzene rings is 1. The van der Waals surface area contributed by atoms with Crippen molar-refractivity contribution in [2.24, 2.45) is 11.1 Å². The fourth-order valence-electron chi connectivity index (χ4n) is 2.80. The Kier molecular flexibility index (Phi) is 4.47. The summed E-state index contributed by atoms with van der Waals surface area (Å²) in [7, 11) is 0. The molecule has 21 heavy (non-hydrogen) atoms. The van der Waals surface area contributed by atoms with Crippen molar-refractivity contribution >= 4 is 27.5 Å². The highest BCUT2D eigenvalue weighted by molar-refractivity contribution is 9.10. The fraction of sp³-hybridized carbons (Fsp3) is 0.562. The molecule has 0 spiro atoms. The van der Waals surface area contributed by atoms with Crippen LogP contribution in [-0.2, 0) is 9.53 Å². The lowest BCUT2D eigenvalue weighted by molar-refractivity contribution is -0.166. The minimum absolute atomic E-state index is 0.0295. The largest absolute Gasteiger partial charge is 0.378 e. The zero-order valence-electron chi connectivity index (χ0n) is 13.0. The molecule has 1 aliphatic carbocycles. The average Bonchev–Trinajstić information content (AvgIpc) is 2.43. The third kappa shape index (κ3) is 2.62. The Morgan fingerprint density at radius 2 is 2.19 bits per heavy atom. The Balaban J connectivity index is 2.16. The van der Waals surface area contributed by atoms with E-state index in [1.54, 1.807) is 0 Å². The van der Waals surface area contributed by atoms with Crippen molar-refractivity contribution < 1.29 is 9.53 Å². The molecule has 1 aromatic carbocycles. The molecule has 4 nitrogen and oxygen atoms in total. The standard InChI is InChI=1S/C16H23BrN2O2/c1-5-21-13-9-16(18,15(13,3)4)14(20)19-12-8-6-7-11(17)10(12)2/h6-8,13H,5,9,18H2,1-4H3,(H,19,20). The molecule has 0 saturated heterocycles. The zero-order chi connectivity index (χ0) is 15.8. The van der Waals surface area contributed by atoms with Gasteiger partial charge in [0.1, 0.15) is 5.54 Å². The number of halogens is 1. The highest BCUT2D eigenvalue weighted by Gasteiger charge is 2.62. The maximum Gasteiger partial charge on any atom is 0.245 e. The van der Waals surface area contributed by atoms with Gasteiger partial charge in [0, 0.05) is 28.6 Å². The molecule has 1 aromatic rings. The summed E-state index contributed by atoms with van der Waals surface area (Å²) in [5.74, 6) is -0.148. The van der Waals surface area contributed by atoms with Gasteiger partial charge in [-0.15, -0.1) is 0 Å². The Hall–Kier alpha value is -0.910. The molecule has 2 atom stereocenters. The van der Waals surface area contributed by atoms with Crippen LogP contribution >= 0.6 is 15.9 Å². The van der Waals surface area contributed by atoms with Gasteiger partial charge in [-0.2, -0.15) is 0 Å². The van der Waals surface area contributed by atoms with Gasteiger partial charge in [-0.1, -0.05) is 35.8 Å². The van der Waals surface area contributed by atoms with Crippen molar-refractivity contribution in [3.8, 4) is 0 Å². The second-order valence-electron chi connectivity index (χ2n) is 6.21. The third-order valence-electron chi connectivity index (χ3n) is 4.75. The van der Waals surface area contributed by atoms with Gasteiger partial charge >= 0.3 is 0 Å². The van der Waals surface area contributed by atoms with Crippen LogP contribution in [0.2, 0.25) is 0 Å². The summed E-state index contributed by atoms with van der Waals surface area (Å²) in [6.45, 7) is 8.53. The highest BCUT2D eigenvalue weighted by atomic mass is 79.9. The molecule has 0 heterocycles. The predicted molar refractivity (Wildman–Crippen MR) is 88.2 cm³/mol. The first kappa shape index (κ1) is 16.5. The van der Waals surface area contributed by atoms with Gasteiger partial charge in [-0.25, -0.2) is 0 Å². The lowest BCUT2D eigenvalue weighted by Gasteiger charge is -2.57. The quantitative estimate of drug-likeness (QED) is 0.872. The molecule has 116 valence electrons. The van der Waals surface area contributed by atoms with Gasteiger partial charge in [0.15, 0.2) is 0 Å². The number of hydrogen-bond donors (Lipinski definition) is 2. The molecule has 5 heteroatoms. The zero-order valence-corrected chi connectivity index (χ0v) is 14.6. The number of ether oxygens (including phenoxy) is 1. The van der Waals surface area contributed by atoms with Gasteiger partial charge in [-0.05, 0) is 31.5 Å². The maximum absolute atomic E-state index is 12.6. The number of carbonyl (C=O) groups excluding carboxylic acids is 1. The van der Waals surface area contributed by atoms with Crippen LogP contribution in [0.5, 0.6) is 0 Å². The number of nitrogens with two attached hydrogens (primary N) is 1. The monoisotopic (exact) mass is 354 g/mol. The molecule has 1 amide bonds. The molecule has 2 rings (SSSR count). The topological polar surface area (TPSA) is 64.3 Å². The molecule has 0 radical (unpaired) electrons. The van der Waals surface area contributed by atoms with E-state index in [0.717, 1.165) is 15.7 Å². The van der Waals surface area contributed by atoms with Crippen molar-refractivity contribution in [2.45, 2.75) is 45.8 Å². The summed E-state index contributed by atoms with van der Waals surface area (Å²) in [6.07, 6.45) is 0.578. The molecular weight excluding hydrogens is 332 g/mol. The van der Waals surface area contributed by atoms with Gasteiger partial charge in [0.2, 0.25) is 5.91 Å². The summed E-state index contributed by atoms with van der Waals surface area (Å²) in [4.78, 5) is 12.6. The van der Waals surface area contributed by atoms with Crippen LogP contribution in [0, 0.1) is 12.3 Å². The first-order chi connectivity index (χ1) is 9.74. The van der Waals surface area contributed by atoms with Crippen molar-refractivity contribution in [2.75, 3.05) is 11.9 Å². The van der Waals surface area contributed by atoms with E-state index in [1.165, 1.54) is 0 Å². The summed E-state index contributed by atoms with van der Waals surface area (Å²) >= 11 is 3.47. The minimum atomic E-state index is -0.901. The second kappa shape index (κ2) is 5.71. The lowest BCUT2D eigenvalue weighted by atomic mass is 9.54. The van der Waals surface area contributed by atoms with Crippen LogP contribution in [0.1, 0.15) is 32.8 Å². The number of carbonyl (C=O) groups is 1. The number of amides is 1. The number of anilines is 1. The van der Waals surface area contributed by atoms with Crippen LogP contribution in [0.25, 0.3) is 0 Å². The Morgan fingerprint density at radius 1 is 1.52 bits per heavy atom. The van der Waals surface area contributed by atoms with Gasteiger partial charge in [0.25, 0.3) is 0 Å². The number of nitrogens with one attached hydrogen (secondary N) is 1. The second-order valence-corrected chi connectivity index (χ2v) is 7.06. The van der Waals surface area contributed by atoms with Gasteiger partial charge in [-0.3, -0.25) is 4.79 Å². The fourth-order valence-corrected chi connectivity index (χ4v) is 3.16. The Labute approximate surface area is 134 Å². The maximum atomic E-state index is 12.6. The van der Waals surface area contributed by atoms with E-state index in [1.807, 2.05) is 45.9 Å². The molecular formula is C16H23BrN2O2. The average molecular weight is 355 g/mol. The van der Waals surface area contributed by atoms with E-state index in [-0.39, 0.29) is 17.4 Å². The molecule has 0 aliphatic heterocycles. The van der Waals surface area contributed by atoms with Crippen molar-refractivity contribution in [1.82, 2.24) is 0 Å². The summed E-state index contributed by atoms with van der Waals surface area (Å²) in [5, 5.41) is 2.96. The summed E-state index contributed by atoms with van der Waals surface area (Å²) < 4.78 is 6.63. The molecule has 0 bridgehead atoms. The smallest absolute Gasteiger partial charge is 0.245 e. The molecule has 3 N–H and O–H groups in total. The summed E-state index contributed by atoms with van der Waals surface area (Å²) in [6, 6.07) is 5.72. The van der Waals surface area contributed by atoms with Crippen LogP contribution < -0.4 is 11.1 Å². The third-order valence-corrected chi connectivity index (χ3v) is 5.61. The predicted octanol–water partition coefficient (Wildman–Crippen LogP) is 3.23. The van der Waals surface area contributed by atoms with E-state index < -0.39 is 5.54 Å². The molecule has 1 aliphatic rings. The number of rotatable bonds is 4. The molecule has 0 aromatic heterocycles. The Bertz CT molecular complexity index is 559. The summed E-state index contributed by atoms with van der Waals surface area (Å²) in [5.41, 5.74) is 6.87. The lowest BCUT2D eigenvalue weighted by Crippen LogP contribution is -2.74. The molecule has 1 fully saturated rings. The van der Waals surface area contributed by atoms with E-state index in [9.17, 15) is 4.79 Å². The van der Waals surface area contributed by atoms with Crippen LogP contribution in [-0.4, -0.2) is 24.2 Å². The van der Waals surface area contributed by atoms with Gasteiger partial charge in [0.05, 0.1) is 6.10 Å². The normalized spacial score (nSPS) is 27.0. The first-order valence-corrected chi connectivity index (χ1v) is 8.00. The minimum Gasteiger partial charge on any atom is -0.378 e. The molecule has 2 unspecified atom stereocenters. The molecule has 1 saturated carbocycles. The first-order valence-electron chi connectivity index (χ1n) is 7.21. The Morgan fingerprint density at radius 3 is 2.76 bits per heavy atom. The van der Waals surface area contributed by atoms with Crippen LogP contribution in [0.15, 0.2) is 22.7 Å². The van der Waals surface area contributed by atoms with Gasteiger partial charge < -0.3 is 15.8 Å². The highest BCUT2D eigenvalue weighted by Crippen LogP contribution is 2.50. The van der Waals surface area contributed by atoms with E-state index >= 15 is 0 Å².